The van der Waals surface area contributed by atoms with Crippen molar-refractivity contribution in [3.8, 4) is 0 Å². The monoisotopic (exact) mass is 1010 g/mol. The van der Waals surface area contributed by atoms with Crippen LogP contribution in [0.5, 0.6) is 0 Å². The van der Waals surface area contributed by atoms with Gasteiger partial charge in [-0.1, -0.05) is 82.2 Å². The Labute approximate surface area is 419 Å². The number of allylic oxidation sites excluding steroid dienone is 1. The second-order valence-electron chi connectivity index (χ2n) is 18.4. The van der Waals surface area contributed by atoms with Gasteiger partial charge in [0.05, 0.1) is 9.85 Å². The Morgan fingerprint density at radius 1 is 0.890 bits per heavy atom. The number of aliphatic hydroxyl groups excluding tert-OH is 1. The lowest BCUT2D eigenvalue weighted by Gasteiger charge is -2.50. The molecule has 2 saturated heterocycles. The average Bonchev–Trinajstić information content (AvgIpc) is 3.94. The molecule has 4 aromatic rings. The first-order valence-electron chi connectivity index (χ1n) is 23.6. The number of aromatic nitrogens is 2. The molecule has 0 amide bonds. The molecule has 22 nitrogen and oxygen atoms in total. The maximum absolute atomic E-state index is 15.4. The second kappa shape index (κ2) is 23.4. The first kappa shape index (κ1) is 54.9. The number of rotatable bonds is 24. The Hall–Kier alpha value is -7.40. The minimum atomic E-state index is -3.61. The van der Waals surface area contributed by atoms with E-state index in [4.69, 9.17) is 32.8 Å². The van der Waals surface area contributed by atoms with Crippen molar-refractivity contribution in [2.24, 2.45) is 17.8 Å². The number of fused-ring (bicyclic) bond motifs is 2. The molecule has 2 fully saturated rings. The van der Waals surface area contributed by atoms with Crippen LogP contribution in [0.25, 0.3) is 0 Å². The van der Waals surface area contributed by atoms with Gasteiger partial charge >= 0.3 is 29.9 Å². The van der Waals surface area contributed by atoms with Crippen LogP contribution < -0.4 is 5.32 Å². The molecule has 2 bridgehead atoms. The highest BCUT2D eigenvalue weighted by Gasteiger charge is 2.86. The summed E-state index contributed by atoms with van der Waals surface area (Å²) < 4.78 is 42.1. The number of nitrogens with zero attached hydrogens (tertiary/aromatic N) is 4. The summed E-state index contributed by atoms with van der Waals surface area (Å²) in [6, 6.07) is 18.8. The standard InChI is InChI=1S/C51H59N5O17/c1-8-30(2)26-31(3)14-23-40(58)70-43-42(59)49(25-24-32(4)41(69-34(6)57)33(5)27-35-12-10-9-11-13-35)72-44(45-53-54-48(52-7)71-45)50(62,46(60)67-28-36-15-19-38(20-16-36)55(63)64)51(43,73-49)47(61)68-29-37-17-21-39(22-18-37)56(65)66/h9-23,30-31,33,41-44,59,62H,4,8,24-29H2,1-3,5-7H3,(H,52,54)/b23-14+/t30-,31+,33+,41+,42+,43+,44+,49+,50+,51+/m0/s1. The third-order valence-electron chi connectivity index (χ3n) is 12.9. The summed E-state index contributed by atoms with van der Waals surface area (Å²) in [6.45, 7) is 11.8. The average molecular weight is 1010 g/mol. The topological polar surface area (TPSA) is 301 Å². The fourth-order valence-corrected chi connectivity index (χ4v) is 8.94. The first-order chi connectivity index (χ1) is 34.7. The fourth-order valence-electron chi connectivity index (χ4n) is 8.94. The maximum Gasteiger partial charge on any atom is 0.346 e. The molecule has 10 atom stereocenters. The van der Waals surface area contributed by atoms with Gasteiger partial charge in [0.2, 0.25) is 11.4 Å². The number of aliphatic hydroxyl groups is 2. The van der Waals surface area contributed by atoms with E-state index in [1.165, 1.54) is 38.2 Å². The van der Waals surface area contributed by atoms with E-state index in [0.29, 0.717) is 12.8 Å². The number of nitro benzene ring substituents is 2. The fraction of sp³-hybridized carbons (Fsp3) is 0.451. The third kappa shape index (κ3) is 12.1. The predicted octanol–water partition coefficient (Wildman–Crippen LogP) is 6.73. The highest BCUT2D eigenvalue weighted by molar-refractivity contribution is 5.96. The largest absolute Gasteiger partial charge is 0.458 e. The number of nitro groups is 2. The zero-order valence-corrected chi connectivity index (χ0v) is 41.2. The van der Waals surface area contributed by atoms with Gasteiger partial charge in [-0.2, -0.15) is 0 Å². The van der Waals surface area contributed by atoms with Gasteiger partial charge in [0, 0.05) is 56.7 Å². The number of non-ortho nitro benzene ring substituents is 2. The zero-order chi connectivity index (χ0) is 53.3. The molecule has 0 spiro atoms. The molecule has 1 aromatic heterocycles. The Morgan fingerprint density at radius 2 is 1.48 bits per heavy atom. The minimum Gasteiger partial charge on any atom is -0.458 e. The summed E-state index contributed by atoms with van der Waals surface area (Å²) >= 11 is 0. The van der Waals surface area contributed by atoms with E-state index in [9.17, 15) is 40.0 Å². The smallest absolute Gasteiger partial charge is 0.346 e. The number of carbonyl (C=O) groups excluding carboxylic acids is 4. The van der Waals surface area contributed by atoms with Gasteiger partial charge in [0.1, 0.15) is 25.4 Å². The van der Waals surface area contributed by atoms with Crippen molar-refractivity contribution in [1.82, 2.24) is 10.2 Å². The molecule has 3 aromatic carbocycles. The molecule has 0 unspecified atom stereocenters. The van der Waals surface area contributed by atoms with Gasteiger partial charge in [0.25, 0.3) is 22.9 Å². The van der Waals surface area contributed by atoms with Crippen LogP contribution >= 0.6 is 0 Å². The van der Waals surface area contributed by atoms with Crippen molar-refractivity contribution >= 4 is 41.3 Å². The summed E-state index contributed by atoms with van der Waals surface area (Å²) in [5, 5.41) is 59.6. The normalized spacial score (nSPS) is 23.9. The van der Waals surface area contributed by atoms with Gasteiger partial charge in [-0.05, 0) is 77.6 Å². The van der Waals surface area contributed by atoms with Crippen LogP contribution in [0, 0.1) is 38.0 Å². The van der Waals surface area contributed by atoms with Gasteiger partial charge in [0.15, 0.2) is 12.2 Å². The summed E-state index contributed by atoms with van der Waals surface area (Å²) in [5.41, 5.74) is -6.00. The molecule has 390 valence electrons. The summed E-state index contributed by atoms with van der Waals surface area (Å²) in [5.74, 6) is -8.64. The number of ether oxygens (including phenoxy) is 6. The lowest BCUT2D eigenvalue weighted by Crippen LogP contribution is -2.74. The van der Waals surface area contributed by atoms with E-state index in [0.717, 1.165) is 42.3 Å². The number of nitrogens with one attached hydrogen (secondary N) is 1. The van der Waals surface area contributed by atoms with Crippen molar-refractivity contribution in [3.63, 3.8) is 0 Å². The van der Waals surface area contributed by atoms with Crippen LogP contribution in [0.4, 0.5) is 17.4 Å². The van der Waals surface area contributed by atoms with E-state index >= 15 is 9.59 Å². The molecule has 22 heteroatoms. The Bertz CT molecular complexity index is 2660. The number of hydrogen-bond acceptors (Lipinski definition) is 20. The lowest BCUT2D eigenvalue weighted by atomic mass is 9.74. The van der Waals surface area contributed by atoms with Crippen LogP contribution in [0.1, 0.15) is 89.0 Å². The van der Waals surface area contributed by atoms with E-state index in [1.54, 1.807) is 6.08 Å². The molecule has 3 heterocycles. The quantitative estimate of drug-likeness (QED) is 0.0164. The Balaban J connectivity index is 1.50. The summed E-state index contributed by atoms with van der Waals surface area (Å²) in [4.78, 5) is 78.7. The molecule has 3 N–H and O–H groups in total. The van der Waals surface area contributed by atoms with Crippen LogP contribution in [-0.4, -0.2) is 96.5 Å². The number of anilines is 1. The van der Waals surface area contributed by atoms with Gasteiger partial charge in [-0.3, -0.25) is 25.0 Å². The van der Waals surface area contributed by atoms with Crippen molar-refractivity contribution in [2.75, 3.05) is 12.4 Å². The molecule has 2 aliphatic heterocycles. The number of esters is 4. The molecule has 0 saturated carbocycles. The van der Waals surface area contributed by atoms with Gasteiger partial charge < -0.3 is 48.4 Å². The highest BCUT2D eigenvalue weighted by atomic mass is 16.8. The number of carbonyl (C=O) groups is 4. The van der Waals surface area contributed by atoms with Crippen LogP contribution in [-0.2, 0) is 67.2 Å². The van der Waals surface area contributed by atoms with Crippen molar-refractivity contribution in [3.05, 3.63) is 146 Å². The van der Waals surface area contributed by atoms with Gasteiger partial charge in [-0.15, -0.1) is 5.10 Å². The molecule has 0 aliphatic carbocycles. The molecule has 73 heavy (non-hydrogen) atoms. The van der Waals surface area contributed by atoms with Crippen molar-refractivity contribution < 1.29 is 72.1 Å². The maximum atomic E-state index is 15.4. The zero-order valence-electron chi connectivity index (χ0n) is 41.2. The first-order valence-corrected chi connectivity index (χ1v) is 23.6. The second-order valence-corrected chi connectivity index (χ2v) is 18.4. The number of hydrogen-bond donors (Lipinski definition) is 3. The van der Waals surface area contributed by atoms with Crippen LogP contribution in [0.3, 0.4) is 0 Å². The molecule has 0 radical (unpaired) electrons. The van der Waals surface area contributed by atoms with E-state index < -0.39 is 101 Å². The number of benzene rings is 3. The molecule has 6 rings (SSSR count). The van der Waals surface area contributed by atoms with E-state index in [2.05, 4.69) is 22.1 Å². The molecular weight excluding hydrogens is 955 g/mol. The van der Waals surface area contributed by atoms with Crippen molar-refractivity contribution in [1.29, 1.82) is 0 Å². The minimum absolute atomic E-state index is 0.170. The molecular formula is C51H59N5O17. The molecule has 2 aliphatic rings. The Kier molecular flexibility index (Phi) is 17.6. The Morgan fingerprint density at radius 3 is 2.01 bits per heavy atom. The van der Waals surface area contributed by atoms with Crippen molar-refractivity contribution in [2.45, 2.75) is 121 Å². The van der Waals surface area contributed by atoms with E-state index in [-0.39, 0.29) is 58.3 Å². The third-order valence-corrected chi connectivity index (χ3v) is 12.9. The summed E-state index contributed by atoms with van der Waals surface area (Å²) in [7, 11) is 1.41. The van der Waals surface area contributed by atoms with Crippen LogP contribution in [0.15, 0.2) is 108 Å². The lowest BCUT2D eigenvalue weighted by molar-refractivity contribution is -0.386. The van der Waals surface area contributed by atoms with E-state index in [1.807, 2.05) is 58.0 Å². The summed E-state index contributed by atoms with van der Waals surface area (Å²) in [6.07, 6.45) is -4.10. The van der Waals surface area contributed by atoms with Gasteiger partial charge in [-0.25, -0.2) is 14.4 Å². The van der Waals surface area contributed by atoms with Crippen LogP contribution in [0.2, 0.25) is 0 Å². The SMILES string of the molecule is C=C(CC[C@@]12O[C@H](c3nnc(NC)o3)[C@@](O)(C(=O)OCc3ccc([N+](=O)[O-])cc3)[C@@](C(=O)OCc3ccc([N+](=O)[O-])cc3)(O1)[C@H](OC(=O)/C=C/[C@@H](C)C[C@@H](C)CC)[C@H]2O)[C@@H](OC(C)=O)[C@H](C)Cc1ccccc1. The predicted molar refractivity (Wildman–Crippen MR) is 256 cm³/mol. The highest BCUT2D eigenvalue weighted by Crippen LogP contribution is 2.60.